The van der Waals surface area contributed by atoms with Crippen LogP contribution in [0.5, 0.6) is 0 Å². The van der Waals surface area contributed by atoms with E-state index in [-0.39, 0.29) is 0 Å². The molecule has 19 heavy (non-hydrogen) atoms. The van der Waals surface area contributed by atoms with E-state index >= 15 is 0 Å². The maximum Gasteiger partial charge on any atom is 0.254 e. The van der Waals surface area contributed by atoms with Gasteiger partial charge in [0.15, 0.2) is 0 Å². The van der Waals surface area contributed by atoms with E-state index in [1.807, 2.05) is 6.92 Å². The molecule has 2 heterocycles. The average molecular weight is 262 g/mol. The summed E-state index contributed by atoms with van der Waals surface area (Å²) in [5, 5.41) is 7.69. The topological polar surface area (TPSA) is 58.3 Å². The molecule has 0 fully saturated rings. The third-order valence-corrected chi connectivity index (χ3v) is 3.00. The maximum absolute atomic E-state index is 4.37. The van der Waals surface area contributed by atoms with Crippen molar-refractivity contribution < 1.29 is 0 Å². The minimum Gasteiger partial charge on any atom is -0.355 e. The number of nitrogens with zero attached hydrogens (tertiary/aromatic N) is 5. The molecule has 0 spiro atoms. The van der Waals surface area contributed by atoms with Crippen molar-refractivity contribution in [1.82, 2.24) is 24.9 Å². The van der Waals surface area contributed by atoms with Gasteiger partial charge in [0.1, 0.15) is 12.1 Å². The van der Waals surface area contributed by atoms with Crippen LogP contribution in [0.25, 0.3) is 5.78 Å². The summed E-state index contributed by atoms with van der Waals surface area (Å²) in [7, 11) is 0. The zero-order valence-corrected chi connectivity index (χ0v) is 12.1. The van der Waals surface area contributed by atoms with Crippen LogP contribution < -0.4 is 10.2 Å². The number of rotatable bonds is 6. The van der Waals surface area contributed by atoms with Gasteiger partial charge in [0, 0.05) is 37.4 Å². The van der Waals surface area contributed by atoms with Crippen LogP contribution in [0.2, 0.25) is 0 Å². The minimum absolute atomic E-state index is 0.504. The van der Waals surface area contributed by atoms with Gasteiger partial charge in [-0.2, -0.15) is 14.6 Å². The van der Waals surface area contributed by atoms with Crippen LogP contribution in [0.1, 0.15) is 26.5 Å². The molecule has 1 N–H and O–H groups in total. The first-order chi connectivity index (χ1) is 9.11. The van der Waals surface area contributed by atoms with Gasteiger partial charge in [0.25, 0.3) is 5.78 Å². The summed E-state index contributed by atoms with van der Waals surface area (Å²) in [5.41, 5.74) is 0.964. The molecule has 0 aliphatic rings. The molecule has 2 aromatic rings. The first kappa shape index (κ1) is 13.7. The highest BCUT2D eigenvalue weighted by atomic mass is 15.4. The smallest absolute Gasteiger partial charge is 0.254 e. The summed E-state index contributed by atoms with van der Waals surface area (Å²) in [4.78, 5) is 10.8. The number of likely N-dealkylation sites (N-methyl/N-ethyl adjacent to an activating group) is 1. The summed E-state index contributed by atoms with van der Waals surface area (Å²) in [5.74, 6) is 1.71. The fraction of sp³-hybridized carbons (Fsp3) is 0.615. The predicted octanol–water partition coefficient (Wildman–Crippen LogP) is 1.26. The molecular formula is C13H22N6. The van der Waals surface area contributed by atoms with Gasteiger partial charge in [-0.25, -0.2) is 4.98 Å². The van der Waals surface area contributed by atoms with E-state index in [0.29, 0.717) is 11.8 Å². The molecule has 0 atom stereocenters. The number of nitrogens with one attached hydrogen (secondary N) is 1. The number of hydrogen-bond acceptors (Lipinski definition) is 5. The molecule has 0 saturated carbocycles. The molecule has 6 heteroatoms. The van der Waals surface area contributed by atoms with Crippen LogP contribution in [0.4, 0.5) is 5.82 Å². The SMILES string of the molecule is CCN(CCNC(C)C)c1cc(C)nc2ncnn12. The van der Waals surface area contributed by atoms with E-state index < -0.39 is 0 Å². The Hall–Kier alpha value is -1.69. The van der Waals surface area contributed by atoms with Crippen LogP contribution in [0.3, 0.4) is 0 Å². The molecular weight excluding hydrogens is 240 g/mol. The van der Waals surface area contributed by atoms with Crippen molar-refractivity contribution in [1.29, 1.82) is 0 Å². The number of anilines is 1. The Morgan fingerprint density at radius 2 is 2.21 bits per heavy atom. The Bertz CT molecular complexity index is 533. The summed E-state index contributed by atoms with van der Waals surface area (Å²) in [6.07, 6.45) is 1.55. The van der Waals surface area contributed by atoms with Crippen LogP contribution in [0.15, 0.2) is 12.4 Å². The van der Waals surface area contributed by atoms with E-state index in [1.54, 1.807) is 10.8 Å². The molecule has 0 amide bonds. The number of aryl methyl sites for hydroxylation is 1. The summed E-state index contributed by atoms with van der Waals surface area (Å²) in [6.45, 7) is 11.3. The van der Waals surface area contributed by atoms with Crippen molar-refractivity contribution in [2.24, 2.45) is 0 Å². The van der Waals surface area contributed by atoms with Gasteiger partial charge in [-0.15, -0.1) is 0 Å². The molecule has 0 bridgehead atoms. The fourth-order valence-electron chi connectivity index (χ4n) is 2.06. The summed E-state index contributed by atoms with van der Waals surface area (Å²) >= 11 is 0. The van der Waals surface area contributed by atoms with Crippen LogP contribution in [-0.2, 0) is 0 Å². The molecule has 0 aliphatic carbocycles. The summed E-state index contributed by atoms with van der Waals surface area (Å²) < 4.78 is 1.80. The van der Waals surface area contributed by atoms with Gasteiger partial charge in [-0.05, 0) is 13.8 Å². The molecule has 2 aromatic heterocycles. The van der Waals surface area contributed by atoms with E-state index in [0.717, 1.165) is 31.1 Å². The Labute approximate surface area is 113 Å². The molecule has 0 aliphatic heterocycles. The molecule has 0 saturated heterocycles. The highest BCUT2D eigenvalue weighted by Gasteiger charge is 2.11. The summed E-state index contributed by atoms with van der Waals surface area (Å²) in [6, 6.07) is 2.56. The standard InChI is InChI=1S/C13H22N6/c1-5-18(7-6-14-10(2)3)12-8-11(4)17-13-15-9-16-19(12)13/h8-10,14H,5-7H2,1-4H3. The molecule has 0 unspecified atom stereocenters. The van der Waals surface area contributed by atoms with Crippen molar-refractivity contribution in [2.45, 2.75) is 33.7 Å². The first-order valence-corrected chi connectivity index (χ1v) is 6.77. The van der Waals surface area contributed by atoms with Crippen LogP contribution >= 0.6 is 0 Å². The second kappa shape index (κ2) is 5.97. The quantitative estimate of drug-likeness (QED) is 0.849. The molecule has 6 nitrogen and oxygen atoms in total. The molecule has 2 rings (SSSR count). The van der Waals surface area contributed by atoms with Crippen molar-refractivity contribution in [2.75, 3.05) is 24.5 Å². The Morgan fingerprint density at radius 1 is 1.42 bits per heavy atom. The van der Waals surface area contributed by atoms with E-state index in [2.05, 4.69) is 52.1 Å². The van der Waals surface area contributed by atoms with Crippen molar-refractivity contribution >= 4 is 11.6 Å². The maximum atomic E-state index is 4.37. The van der Waals surface area contributed by atoms with Gasteiger partial charge in [0.2, 0.25) is 0 Å². The largest absolute Gasteiger partial charge is 0.355 e. The van der Waals surface area contributed by atoms with E-state index in [1.165, 1.54) is 0 Å². The van der Waals surface area contributed by atoms with Gasteiger partial charge in [-0.3, -0.25) is 0 Å². The third kappa shape index (κ3) is 3.20. The second-order valence-corrected chi connectivity index (χ2v) is 4.92. The number of fused-ring (bicyclic) bond motifs is 1. The Kier molecular flexibility index (Phi) is 4.31. The minimum atomic E-state index is 0.504. The monoisotopic (exact) mass is 262 g/mol. The van der Waals surface area contributed by atoms with Crippen molar-refractivity contribution in [3.05, 3.63) is 18.1 Å². The van der Waals surface area contributed by atoms with E-state index in [9.17, 15) is 0 Å². The Morgan fingerprint density at radius 3 is 2.89 bits per heavy atom. The van der Waals surface area contributed by atoms with E-state index in [4.69, 9.17) is 0 Å². The van der Waals surface area contributed by atoms with Crippen LogP contribution in [-0.4, -0.2) is 45.3 Å². The second-order valence-electron chi connectivity index (χ2n) is 4.92. The first-order valence-electron chi connectivity index (χ1n) is 6.77. The van der Waals surface area contributed by atoms with Crippen LogP contribution in [0, 0.1) is 6.92 Å². The van der Waals surface area contributed by atoms with Crippen molar-refractivity contribution in [3.63, 3.8) is 0 Å². The lowest BCUT2D eigenvalue weighted by atomic mass is 10.3. The average Bonchev–Trinajstić information content (AvgIpc) is 2.81. The predicted molar refractivity (Wildman–Crippen MR) is 76.5 cm³/mol. The number of aromatic nitrogens is 4. The van der Waals surface area contributed by atoms with Gasteiger partial charge in [-0.1, -0.05) is 13.8 Å². The highest BCUT2D eigenvalue weighted by Crippen LogP contribution is 2.15. The molecule has 0 radical (unpaired) electrons. The van der Waals surface area contributed by atoms with Gasteiger partial charge < -0.3 is 10.2 Å². The zero-order valence-electron chi connectivity index (χ0n) is 12.1. The van der Waals surface area contributed by atoms with Gasteiger partial charge >= 0.3 is 0 Å². The van der Waals surface area contributed by atoms with Crippen molar-refractivity contribution in [3.8, 4) is 0 Å². The lowest BCUT2D eigenvalue weighted by molar-refractivity contribution is 0.580. The number of hydrogen-bond donors (Lipinski definition) is 1. The van der Waals surface area contributed by atoms with Gasteiger partial charge in [0.05, 0.1) is 0 Å². The Balaban J connectivity index is 2.22. The normalized spacial score (nSPS) is 11.4. The lowest BCUT2D eigenvalue weighted by Crippen LogP contribution is -2.35. The highest BCUT2D eigenvalue weighted by molar-refractivity contribution is 5.47. The molecule has 0 aromatic carbocycles. The molecule has 104 valence electrons. The lowest BCUT2D eigenvalue weighted by Gasteiger charge is -2.24. The fourth-order valence-corrected chi connectivity index (χ4v) is 2.06. The third-order valence-electron chi connectivity index (χ3n) is 3.00. The zero-order chi connectivity index (χ0) is 13.8.